The van der Waals surface area contributed by atoms with E-state index in [1.54, 1.807) is 0 Å². The maximum Gasteiger partial charge on any atom is 0.146 e. The van der Waals surface area contributed by atoms with Gasteiger partial charge in [0.05, 0.1) is 5.39 Å². The molecule has 7 heteroatoms. The predicted molar refractivity (Wildman–Crippen MR) is 123 cm³/mol. The van der Waals surface area contributed by atoms with Crippen molar-refractivity contribution in [1.82, 2.24) is 14.5 Å². The number of ether oxygens (including phenoxy) is 3. The summed E-state index contributed by atoms with van der Waals surface area (Å²) in [6.45, 7) is 4.49. The third kappa shape index (κ3) is 4.29. The average Bonchev–Trinajstić information content (AvgIpc) is 3.40. The van der Waals surface area contributed by atoms with Crippen LogP contribution in [0, 0.1) is 13.8 Å². The van der Waals surface area contributed by atoms with Crippen molar-refractivity contribution in [2.45, 2.75) is 38.7 Å². The fourth-order valence-electron chi connectivity index (χ4n) is 3.92. The third-order valence-electron chi connectivity index (χ3n) is 5.70. The Balaban J connectivity index is 1.38. The Kier molecular flexibility index (Phi) is 5.72. The quantitative estimate of drug-likeness (QED) is 0.363. The second kappa shape index (κ2) is 8.81. The van der Waals surface area contributed by atoms with Gasteiger partial charge in [-0.1, -0.05) is 47.0 Å². The minimum absolute atomic E-state index is 0.178. The monoisotopic (exact) mass is 449 g/mol. The van der Waals surface area contributed by atoms with Crippen LogP contribution in [0.2, 0.25) is 5.15 Å². The van der Waals surface area contributed by atoms with Gasteiger partial charge in [0.15, 0.2) is 0 Å². The smallest absolute Gasteiger partial charge is 0.146 e. The molecule has 0 saturated carbocycles. The van der Waals surface area contributed by atoms with Crippen LogP contribution in [0.5, 0.6) is 11.5 Å². The minimum Gasteiger partial charge on any atom is -0.491 e. The summed E-state index contributed by atoms with van der Waals surface area (Å²) < 4.78 is 20.8. The lowest BCUT2D eigenvalue weighted by Crippen LogP contribution is -2.32. The maximum atomic E-state index is 6.42. The van der Waals surface area contributed by atoms with Gasteiger partial charge in [-0.3, -0.25) is 0 Å². The van der Waals surface area contributed by atoms with Gasteiger partial charge in [0.1, 0.15) is 53.7 Å². The summed E-state index contributed by atoms with van der Waals surface area (Å²) >= 11 is 6.23. The number of nitrogens with zero attached hydrogens (tertiary/aromatic N) is 3. The largest absolute Gasteiger partial charge is 0.491 e. The molecule has 4 aromatic rings. The summed E-state index contributed by atoms with van der Waals surface area (Å²) in [6.07, 6.45) is 3.37. The molecule has 2 aromatic carbocycles. The second-order valence-corrected chi connectivity index (χ2v) is 8.44. The van der Waals surface area contributed by atoms with Crippen LogP contribution >= 0.6 is 11.6 Å². The Bertz CT molecular complexity index is 1210. The summed E-state index contributed by atoms with van der Waals surface area (Å²) in [7, 11) is 0. The molecule has 1 fully saturated rings. The van der Waals surface area contributed by atoms with E-state index in [4.69, 9.17) is 25.8 Å². The zero-order valence-electron chi connectivity index (χ0n) is 17.9. The molecule has 1 saturated heterocycles. The third-order valence-corrected chi connectivity index (χ3v) is 6.00. The zero-order chi connectivity index (χ0) is 22.1. The van der Waals surface area contributed by atoms with Gasteiger partial charge >= 0.3 is 0 Å². The number of benzene rings is 2. The molecule has 0 bridgehead atoms. The second-order valence-electron chi connectivity index (χ2n) is 8.08. The van der Waals surface area contributed by atoms with Crippen molar-refractivity contribution in [2.24, 2.45) is 0 Å². The molecule has 164 valence electrons. The normalized spacial score (nSPS) is 20.5. The highest BCUT2D eigenvalue weighted by Crippen LogP contribution is 2.35. The summed E-state index contributed by atoms with van der Waals surface area (Å²) in [4.78, 5) is 8.47. The first kappa shape index (κ1) is 20.8. The van der Waals surface area contributed by atoms with Crippen LogP contribution in [-0.2, 0) is 4.74 Å². The molecule has 32 heavy (non-hydrogen) atoms. The highest BCUT2D eigenvalue weighted by molar-refractivity contribution is 6.33. The molecule has 3 atom stereocenters. The Hall–Kier alpha value is -3.09. The molecule has 3 heterocycles. The van der Waals surface area contributed by atoms with Crippen LogP contribution < -0.4 is 9.47 Å². The van der Waals surface area contributed by atoms with Crippen molar-refractivity contribution in [1.29, 1.82) is 0 Å². The maximum absolute atomic E-state index is 6.42. The first-order chi connectivity index (χ1) is 15.6. The van der Waals surface area contributed by atoms with E-state index < -0.39 is 0 Å². The minimum atomic E-state index is -0.252. The SMILES string of the molecule is Cc1ccc(OC[C@H]2O[C@@H](n3ccc4c(Cl)ncnc43)C[C@@H]2Oc2ccc(C)cc2)cc1. The molecule has 5 rings (SSSR count). The van der Waals surface area contributed by atoms with Crippen LogP contribution in [0.15, 0.2) is 67.1 Å². The molecule has 1 aliphatic heterocycles. The number of fused-ring (bicyclic) bond motifs is 1. The van der Waals surface area contributed by atoms with E-state index in [2.05, 4.69) is 23.8 Å². The van der Waals surface area contributed by atoms with E-state index in [9.17, 15) is 0 Å². The fourth-order valence-corrected chi connectivity index (χ4v) is 4.11. The lowest BCUT2D eigenvalue weighted by molar-refractivity contribution is -0.0339. The number of hydrogen-bond acceptors (Lipinski definition) is 5. The Labute approximate surface area is 191 Å². The zero-order valence-corrected chi connectivity index (χ0v) is 18.7. The summed E-state index contributed by atoms with van der Waals surface area (Å²) in [5.41, 5.74) is 3.12. The van der Waals surface area contributed by atoms with Crippen LogP contribution in [0.4, 0.5) is 0 Å². The molecular weight excluding hydrogens is 426 g/mol. The molecule has 0 spiro atoms. The van der Waals surface area contributed by atoms with Crippen LogP contribution in [0.3, 0.4) is 0 Å². The standard InChI is InChI=1S/C25H24ClN3O3/c1-16-3-7-18(8-4-16)30-14-22-21(31-19-9-5-17(2)6-10-19)13-23(32-22)29-12-11-20-24(26)27-15-28-25(20)29/h3-12,15,21-23H,13-14H2,1-2H3/t21-,22+,23+/m0/s1. The average molecular weight is 450 g/mol. The topological polar surface area (TPSA) is 58.4 Å². The number of rotatable bonds is 6. The molecule has 0 amide bonds. The van der Waals surface area contributed by atoms with E-state index in [0.29, 0.717) is 18.2 Å². The van der Waals surface area contributed by atoms with Crippen molar-refractivity contribution < 1.29 is 14.2 Å². The van der Waals surface area contributed by atoms with Gasteiger partial charge in [-0.05, 0) is 44.2 Å². The first-order valence-corrected chi connectivity index (χ1v) is 11.0. The predicted octanol–water partition coefficient (Wildman–Crippen LogP) is 5.52. The Morgan fingerprint density at radius 2 is 1.66 bits per heavy atom. The first-order valence-electron chi connectivity index (χ1n) is 10.6. The van der Waals surface area contributed by atoms with Crippen LogP contribution in [-0.4, -0.2) is 33.3 Å². The van der Waals surface area contributed by atoms with E-state index in [1.165, 1.54) is 17.5 Å². The molecule has 0 N–H and O–H groups in total. The van der Waals surface area contributed by atoms with Crippen molar-refractivity contribution in [3.8, 4) is 11.5 Å². The van der Waals surface area contributed by atoms with Crippen molar-refractivity contribution in [2.75, 3.05) is 6.61 Å². The van der Waals surface area contributed by atoms with Gasteiger partial charge in [-0.25, -0.2) is 9.97 Å². The Morgan fingerprint density at radius 1 is 0.969 bits per heavy atom. The molecule has 2 aromatic heterocycles. The van der Waals surface area contributed by atoms with Gasteiger partial charge in [0.25, 0.3) is 0 Å². The molecule has 0 aliphatic carbocycles. The van der Waals surface area contributed by atoms with Gasteiger partial charge in [-0.15, -0.1) is 0 Å². The summed E-state index contributed by atoms with van der Waals surface area (Å²) in [5.74, 6) is 1.62. The van der Waals surface area contributed by atoms with Gasteiger partial charge in [0, 0.05) is 12.6 Å². The van der Waals surface area contributed by atoms with Crippen LogP contribution in [0.25, 0.3) is 11.0 Å². The summed E-state index contributed by atoms with van der Waals surface area (Å²) in [5, 5.41) is 1.23. The van der Waals surface area contributed by atoms with Gasteiger partial charge in [0.2, 0.25) is 0 Å². The highest BCUT2D eigenvalue weighted by atomic mass is 35.5. The number of hydrogen-bond donors (Lipinski definition) is 0. The summed E-state index contributed by atoms with van der Waals surface area (Å²) in [6, 6.07) is 18.0. The highest BCUT2D eigenvalue weighted by Gasteiger charge is 2.39. The van der Waals surface area contributed by atoms with E-state index in [1.807, 2.05) is 65.4 Å². The molecule has 0 radical (unpaired) electrons. The van der Waals surface area contributed by atoms with Crippen molar-refractivity contribution in [3.63, 3.8) is 0 Å². The van der Waals surface area contributed by atoms with E-state index >= 15 is 0 Å². The number of aryl methyl sites for hydroxylation is 2. The number of halogens is 1. The van der Waals surface area contributed by atoms with Gasteiger partial charge in [-0.2, -0.15) is 0 Å². The van der Waals surface area contributed by atoms with Gasteiger partial charge < -0.3 is 18.8 Å². The van der Waals surface area contributed by atoms with Crippen LogP contribution in [0.1, 0.15) is 23.8 Å². The fraction of sp³-hybridized carbons (Fsp3) is 0.280. The van der Waals surface area contributed by atoms with E-state index in [0.717, 1.165) is 22.5 Å². The molecule has 0 unspecified atom stereocenters. The molecule has 1 aliphatic rings. The van der Waals surface area contributed by atoms with Crippen molar-refractivity contribution >= 4 is 22.6 Å². The Morgan fingerprint density at radius 3 is 2.38 bits per heavy atom. The molecule has 6 nitrogen and oxygen atoms in total. The molecular formula is C25H24ClN3O3. The van der Waals surface area contributed by atoms with E-state index in [-0.39, 0.29) is 18.4 Å². The number of aromatic nitrogens is 3. The van der Waals surface area contributed by atoms with Crippen molar-refractivity contribution in [3.05, 3.63) is 83.4 Å². The lowest BCUT2D eigenvalue weighted by atomic mass is 10.1. The lowest BCUT2D eigenvalue weighted by Gasteiger charge is -2.20.